The van der Waals surface area contributed by atoms with Gasteiger partial charge in [-0.05, 0) is 65.6 Å². The number of hydrogen-bond donors (Lipinski definition) is 0. The maximum Gasteiger partial charge on any atom is 0.126 e. The normalized spacial score (nSPS) is 33.2. The first-order valence-corrected chi connectivity index (χ1v) is 10.2. The molecule has 0 radical (unpaired) electrons. The van der Waals surface area contributed by atoms with Crippen LogP contribution >= 0.6 is 0 Å². The summed E-state index contributed by atoms with van der Waals surface area (Å²) in [5.74, 6) is 8.24. The van der Waals surface area contributed by atoms with Crippen molar-refractivity contribution in [1.29, 1.82) is 0 Å². The summed E-state index contributed by atoms with van der Waals surface area (Å²) in [6, 6.07) is 8.32. The highest BCUT2D eigenvalue weighted by Crippen LogP contribution is 2.52. The quantitative estimate of drug-likeness (QED) is 0.690. The summed E-state index contributed by atoms with van der Waals surface area (Å²) in [6.45, 7) is 9.80. The molecule has 2 fully saturated rings. The van der Waals surface area contributed by atoms with Gasteiger partial charge in [0.1, 0.15) is 17.0 Å². The third-order valence-corrected chi connectivity index (χ3v) is 6.28. The van der Waals surface area contributed by atoms with Crippen molar-refractivity contribution in [2.45, 2.75) is 70.2 Å². The number of ether oxygens (including phenoxy) is 2. The Kier molecular flexibility index (Phi) is 4.75. The van der Waals surface area contributed by atoms with Gasteiger partial charge < -0.3 is 9.47 Å². The van der Waals surface area contributed by atoms with E-state index in [0.717, 1.165) is 25.1 Å². The van der Waals surface area contributed by atoms with Crippen molar-refractivity contribution in [1.82, 2.24) is 4.90 Å². The first-order chi connectivity index (χ1) is 12.5. The van der Waals surface area contributed by atoms with Crippen LogP contribution in [-0.4, -0.2) is 35.7 Å². The minimum absolute atomic E-state index is 0.0676. The fraction of sp³-hybridized carbons (Fsp3) is 0.652. The number of likely N-dealkylation sites (tertiary alicyclic amines) is 1. The molecule has 0 spiro atoms. The second kappa shape index (κ2) is 6.91. The average molecular weight is 354 g/mol. The number of para-hydroxylation sites is 1. The minimum atomic E-state index is -0.364. The van der Waals surface area contributed by atoms with E-state index in [1.165, 1.54) is 37.9 Å². The van der Waals surface area contributed by atoms with Gasteiger partial charge in [-0.3, -0.25) is 4.90 Å². The van der Waals surface area contributed by atoms with Crippen LogP contribution < -0.4 is 4.74 Å². The molecule has 3 heteroatoms. The molecule has 3 aliphatic rings. The molecule has 0 aromatic heterocycles. The van der Waals surface area contributed by atoms with Crippen molar-refractivity contribution in [2.75, 3.05) is 19.6 Å². The third-order valence-electron chi connectivity index (χ3n) is 6.28. The van der Waals surface area contributed by atoms with Gasteiger partial charge in [-0.2, -0.15) is 0 Å². The van der Waals surface area contributed by atoms with Gasteiger partial charge in [0.25, 0.3) is 0 Å². The van der Waals surface area contributed by atoms with Crippen molar-refractivity contribution < 1.29 is 9.47 Å². The molecule has 0 bridgehead atoms. The molecule has 1 aromatic rings. The van der Waals surface area contributed by atoms with Crippen molar-refractivity contribution >= 4 is 0 Å². The summed E-state index contributed by atoms with van der Waals surface area (Å²) in [7, 11) is 0. The SMILES string of the molecule is CC1(C)Oc2ccccc2[C@H]2O[C@@](C)(C#CCN3CCCCC3)CC[C@@H]21. The Labute approximate surface area is 158 Å². The monoisotopic (exact) mass is 353 g/mol. The lowest BCUT2D eigenvalue weighted by atomic mass is 9.73. The zero-order valence-electron chi connectivity index (χ0n) is 16.4. The highest BCUT2D eigenvalue weighted by atomic mass is 16.5. The van der Waals surface area contributed by atoms with E-state index in [-0.39, 0.29) is 17.3 Å². The molecule has 3 heterocycles. The Morgan fingerprint density at radius 2 is 1.88 bits per heavy atom. The molecular formula is C23H31NO2. The largest absolute Gasteiger partial charge is 0.487 e. The maximum atomic E-state index is 6.66. The van der Waals surface area contributed by atoms with Crippen LogP contribution in [0.2, 0.25) is 0 Å². The van der Waals surface area contributed by atoms with E-state index in [0.29, 0.717) is 5.92 Å². The third kappa shape index (κ3) is 3.50. The lowest BCUT2D eigenvalue weighted by molar-refractivity contribution is -0.169. The lowest BCUT2D eigenvalue weighted by Gasteiger charge is -2.50. The van der Waals surface area contributed by atoms with E-state index in [4.69, 9.17) is 9.47 Å². The highest BCUT2D eigenvalue weighted by molar-refractivity contribution is 5.39. The van der Waals surface area contributed by atoms with Crippen molar-refractivity contribution in [3.63, 3.8) is 0 Å². The first kappa shape index (κ1) is 17.9. The smallest absolute Gasteiger partial charge is 0.126 e. The van der Waals surface area contributed by atoms with Gasteiger partial charge in [-0.25, -0.2) is 0 Å². The van der Waals surface area contributed by atoms with Crippen molar-refractivity contribution in [2.24, 2.45) is 5.92 Å². The zero-order valence-corrected chi connectivity index (χ0v) is 16.4. The number of benzene rings is 1. The van der Waals surface area contributed by atoms with E-state index in [1.54, 1.807) is 0 Å². The molecule has 2 saturated heterocycles. The van der Waals surface area contributed by atoms with E-state index < -0.39 is 0 Å². The Bertz CT molecular complexity index is 710. The molecule has 4 rings (SSSR count). The van der Waals surface area contributed by atoms with Gasteiger partial charge in [-0.1, -0.05) is 36.5 Å². The molecule has 140 valence electrons. The van der Waals surface area contributed by atoms with Gasteiger partial charge >= 0.3 is 0 Å². The summed E-state index contributed by atoms with van der Waals surface area (Å²) < 4.78 is 13.0. The predicted molar refractivity (Wildman–Crippen MR) is 104 cm³/mol. The first-order valence-electron chi connectivity index (χ1n) is 10.2. The average Bonchev–Trinajstić information content (AvgIpc) is 2.62. The second-order valence-corrected chi connectivity index (χ2v) is 8.80. The van der Waals surface area contributed by atoms with Crippen molar-refractivity contribution in [3.8, 4) is 17.6 Å². The van der Waals surface area contributed by atoms with Gasteiger partial charge in [0, 0.05) is 11.5 Å². The van der Waals surface area contributed by atoms with Crippen LogP contribution in [0.5, 0.6) is 5.75 Å². The Morgan fingerprint density at radius 3 is 2.69 bits per heavy atom. The Balaban J connectivity index is 1.52. The fourth-order valence-electron chi connectivity index (χ4n) is 4.71. The molecule has 3 aliphatic heterocycles. The Hall–Kier alpha value is -1.50. The van der Waals surface area contributed by atoms with Crippen LogP contribution in [0.15, 0.2) is 24.3 Å². The fourth-order valence-corrected chi connectivity index (χ4v) is 4.71. The molecule has 0 saturated carbocycles. The topological polar surface area (TPSA) is 21.7 Å². The van der Waals surface area contributed by atoms with E-state index in [2.05, 4.69) is 55.7 Å². The highest BCUT2D eigenvalue weighted by Gasteiger charge is 2.49. The van der Waals surface area contributed by atoms with Crippen molar-refractivity contribution in [3.05, 3.63) is 29.8 Å². The van der Waals surface area contributed by atoms with Gasteiger partial charge in [-0.15, -0.1) is 0 Å². The molecule has 0 aliphatic carbocycles. The van der Waals surface area contributed by atoms with Crippen LogP contribution in [0.25, 0.3) is 0 Å². The number of fused-ring (bicyclic) bond motifs is 3. The lowest BCUT2D eigenvalue weighted by Crippen LogP contribution is -2.50. The van der Waals surface area contributed by atoms with Gasteiger partial charge in [0.05, 0.1) is 12.6 Å². The van der Waals surface area contributed by atoms with Crippen LogP contribution in [0.3, 0.4) is 0 Å². The zero-order chi connectivity index (χ0) is 18.2. The molecule has 1 aromatic carbocycles. The van der Waals surface area contributed by atoms with Crippen LogP contribution in [0.4, 0.5) is 0 Å². The standard InChI is InChI=1S/C23H31NO2/c1-22(2)19-12-14-23(3,13-9-17-24-15-7-4-8-16-24)26-21(19)18-10-5-6-11-20(18)25-22/h5-6,10-11,19,21H,4,7-8,12,14-17H2,1-3H3/t19-,21+,23-/m0/s1. The maximum absolute atomic E-state index is 6.66. The molecule has 0 N–H and O–H groups in total. The number of hydrogen-bond acceptors (Lipinski definition) is 3. The van der Waals surface area contributed by atoms with E-state index in [1.807, 2.05) is 6.07 Å². The number of nitrogens with zero attached hydrogens (tertiary/aromatic N) is 1. The number of piperidine rings is 1. The van der Waals surface area contributed by atoms with E-state index >= 15 is 0 Å². The van der Waals surface area contributed by atoms with E-state index in [9.17, 15) is 0 Å². The molecular weight excluding hydrogens is 322 g/mol. The molecule has 3 nitrogen and oxygen atoms in total. The summed E-state index contributed by atoms with van der Waals surface area (Å²) in [5.41, 5.74) is 0.611. The van der Waals surface area contributed by atoms with Crippen LogP contribution in [0, 0.1) is 17.8 Å². The van der Waals surface area contributed by atoms with Gasteiger partial charge in [0.15, 0.2) is 0 Å². The minimum Gasteiger partial charge on any atom is -0.487 e. The predicted octanol–water partition coefficient (Wildman–Crippen LogP) is 4.57. The van der Waals surface area contributed by atoms with Crippen LogP contribution in [0.1, 0.15) is 64.5 Å². The number of rotatable bonds is 1. The van der Waals surface area contributed by atoms with Gasteiger partial charge in [0.2, 0.25) is 0 Å². The molecule has 0 unspecified atom stereocenters. The molecule has 3 atom stereocenters. The summed E-state index contributed by atoms with van der Waals surface area (Å²) in [5, 5.41) is 0. The van der Waals surface area contributed by atoms with Crippen LogP contribution in [-0.2, 0) is 4.74 Å². The summed E-state index contributed by atoms with van der Waals surface area (Å²) in [4.78, 5) is 2.47. The molecule has 0 amide bonds. The summed E-state index contributed by atoms with van der Waals surface area (Å²) in [6.07, 6.45) is 6.11. The Morgan fingerprint density at radius 1 is 1.12 bits per heavy atom. The molecule has 26 heavy (non-hydrogen) atoms. The summed E-state index contributed by atoms with van der Waals surface area (Å²) >= 11 is 0. The second-order valence-electron chi connectivity index (χ2n) is 8.80.